The van der Waals surface area contributed by atoms with Gasteiger partial charge in [-0.05, 0) is 13.3 Å². The van der Waals surface area contributed by atoms with Crippen molar-refractivity contribution in [2.75, 3.05) is 45.9 Å². The largest absolute Gasteiger partial charge is 0.456 e. The summed E-state index contributed by atoms with van der Waals surface area (Å²) in [5.74, 6) is 0.178. The number of hydrogen-bond donors (Lipinski definition) is 1. The number of hydrogen-bond acceptors (Lipinski definition) is 6. The van der Waals surface area contributed by atoms with Crippen molar-refractivity contribution in [3.05, 3.63) is 33.9 Å². The van der Waals surface area contributed by atoms with Crippen LogP contribution in [-0.2, 0) is 4.74 Å². The van der Waals surface area contributed by atoms with Gasteiger partial charge in [0.05, 0.1) is 18.8 Å². The molecule has 2 fully saturated rings. The highest BCUT2D eigenvalue weighted by atomic mass is 16.5. The molecule has 1 aromatic heterocycles. The van der Waals surface area contributed by atoms with Crippen LogP contribution in [0.15, 0.2) is 21.3 Å². The van der Waals surface area contributed by atoms with Gasteiger partial charge < -0.3 is 19.2 Å². The van der Waals surface area contributed by atoms with Crippen LogP contribution in [0, 0.1) is 12.3 Å². The molecule has 0 bridgehead atoms. The Labute approximate surface area is 153 Å². The number of carbonyl (C=O) groups excluding carboxylic acids is 1. The summed E-state index contributed by atoms with van der Waals surface area (Å²) >= 11 is 0. The van der Waals surface area contributed by atoms with Crippen molar-refractivity contribution in [1.29, 1.82) is 0 Å². The molecule has 7 heteroatoms. The van der Waals surface area contributed by atoms with Crippen LogP contribution in [0.25, 0.3) is 0 Å². The molecule has 144 valence electrons. The molecule has 1 N–H and O–H groups in total. The number of rotatable bonds is 3. The zero-order valence-electron chi connectivity index (χ0n) is 15.8. The van der Waals surface area contributed by atoms with Crippen molar-refractivity contribution >= 4 is 5.91 Å². The van der Waals surface area contributed by atoms with Gasteiger partial charge in [0, 0.05) is 50.3 Å². The molecular weight excluding hydrogens is 336 g/mol. The van der Waals surface area contributed by atoms with Crippen LogP contribution in [-0.4, -0.2) is 72.4 Å². The summed E-state index contributed by atoms with van der Waals surface area (Å²) < 4.78 is 10.8. The Balaban J connectivity index is 1.73. The standard InChI is InChI=1S/C19H28N2O5/c1-14-10-15(22)11-16(26-14)17(23)21-5-4-19(24,18(2,3)12-21)13-20-6-8-25-9-7-20/h10-11,24H,4-9,12-13H2,1-3H3/t19-/m1/s1. The fraction of sp³-hybridized carbons (Fsp3) is 0.684. The number of nitrogens with zero attached hydrogens (tertiary/aromatic N) is 2. The Morgan fingerprint density at radius 2 is 1.92 bits per heavy atom. The first-order chi connectivity index (χ1) is 12.2. The number of piperidine rings is 1. The molecule has 2 saturated heterocycles. The van der Waals surface area contributed by atoms with E-state index in [-0.39, 0.29) is 17.1 Å². The Morgan fingerprint density at radius 1 is 1.23 bits per heavy atom. The first kappa shape index (κ1) is 19.1. The van der Waals surface area contributed by atoms with Crippen LogP contribution in [0.1, 0.15) is 36.6 Å². The van der Waals surface area contributed by atoms with Crippen molar-refractivity contribution < 1.29 is 19.1 Å². The summed E-state index contributed by atoms with van der Waals surface area (Å²) in [4.78, 5) is 28.3. The van der Waals surface area contributed by atoms with Crippen LogP contribution in [0.2, 0.25) is 0 Å². The quantitative estimate of drug-likeness (QED) is 0.857. The SMILES string of the molecule is Cc1cc(=O)cc(C(=O)N2CC[C@@](O)(CN3CCOCC3)C(C)(C)C2)o1. The maximum absolute atomic E-state index is 12.8. The normalized spacial score (nSPS) is 26.7. The number of ether oxygens (including phenoxy) is 1. The average Bonchev–Trinajstić information content (AvgIpc) is 2.57. The second kappa shape index (κ2) is 7.13. The second-order valence-corrected chi connectivity index (χ2v) is 8.05. The number of β-amino-alcohol motifs (C(OH)–C–C–N with tert-alkyl or cyclic N) is 1. The van der Waals surface area contributed by atoms with E-state index in [1.807, 2.05) is 13.8 Å². The van der Waals surface area contributed by atoms with Crippen LogP contribution < -0.4 is 5.43 Å². The third kappa shape index (κ3) is 3.84. The van der Waals surface area contributed by atoms with Gasteiger partial charge in [-0.1, -0.05) is 13.8 Å². The molecule has 0 radical (unpaired) electrons. The van der Waals surface area contributed by atoms with Crippen molar-refractivity contribution in [2.24, 2.45) is 5.41 Å². The summed E-state index contributed by atoms with van der Waals surface area (Å²) in [6, 6.07) is 2.59. The number of amides is 1. The predicted molar refractivity (Wildman–Crippen MR) is 96.2 cm³/mol. The third-order valence-electron chi connectivity index (χ3n) is 5.62. The molecule has 26 heavy (non-hydrogen) atoms. The second-order valence-electron chi connectivity index (χ2n) is 8.05. The lowest BCUT2D eigenvalue weighted by Gasteiger charge is -2.52. The van der Waals surface area contributed by atoms with Crippen LogP contribution >= 0.6 is 0 Å². The molecule has 3 rings (SSSR count). The average molecular weight is 364 g/mol. The van der Waals surface area contributed by atoms with E-state index >= 15 is 0 Å². The van der Waals surface area contributed by atoms with Gasteiger partial charge in [0.1, 0.15) is 5.76 Å². The molecule has 0 unspecified atom stereocenters. The Morgan fingerprint density at radius 3 is 2.54 bits per heavy atom. The van der Waals surface area contributed by atoms with E-state index in [1.54, 1.807) is 11.8 Å². The van der Waals surface area contributed by atoms with Gasteiger partial charge >= 0.3 is 0 Å². The van der Waals surface area contributed by atoms with E-state index in [2.05, 4.69) is 4.90 Å². The Hall–Kier alpha value is -1.70. The highest BCUT2D eigenvalue weighted by Crippen LogP contribution is 2.39. The van der Waals surface area contributed by atoms with Gasteiger partial charge in [0.25, 0.3) is 5.91 Å². The van der Waals surface area contributed by atoms with Crippen LogP contribution in [0.5, 0.6) is 0 Å². The van der Waals surface area contributed by atoms with Crippen molar-refractivity contribution in [3.8, 4) is 0 Å². The number of carbonyl (C=O) groups is 1. The maximum atomic E-state index is 12.8. The van der Waals surface area contributed by atoms with Crippen LogP contribution in [0.3, 0.4) is 0 Å². The van der Waals surface area contributed by atoms with Crippen molar-refractivity contribution in [1.82, 2.24) is 9.80 Å². The summed E-state index contributed by atoms with van der Waals surface area (Å²) in [6.45, 7) is 10.0. The molecule has 2 aliphatic rings. The number of likely N-dealkylation sites (tertiary alicyclic amines) is 1. The fourth-order valence-electron chi connectivity index (χ4n) is 3.82. The van der Waals surface area contributed by atoms with E-state index in [0.717, 1.165) is 13.1 Å². The van der Waals surface area contributed by atoms with E-state index < -0.39 is 11.0 Å². The number of morpholine rings is 1. The molecule has 2 aliphatic heterocycles. The topological polar surface area (TPSA) is 83.2 Å². The number of aliphatic hydroxyl groups is 1. The molecular formula is C19H28N2O5. The highest BCUT2D eigenvalue weighted by molar-refractivity contribution is 5.91. The van der Waals surface area contributed by atoms with Gasteiger partial charge in [0.2, 0.25) is 0 Å². The lowest BCUT2D eigenvalue weighted by Crippen LogP contribution is -2.63. The predicted octanol–water partition coefficient (Wildman–Crippen LogP) is 0.884. The molecule has 1 aromatic rings. The van der Waals surface area contributed by atoms with E-state index in [9.17, 15) is 14.7 Å². The summed E-state index contributed by atoms with van der Waals surface area (Å²) in [6.07, 6.45) is 0.485. The first-order valence-electron chi connectivity index (χ1n) is 9.14. The minimum atomic E-state index is -0.880. The van der Waals surface area contributed by atoms with Crippen molar-refractivity contribution in [2.45, 2.75) is 32.8 Å². The summed E-state index contributed by atoms with van der Waals surface area (Å²) in [7, 11) is 0. The van der Waals surface area contributed by atoms with Gasteiger partial charge in [-0.2, -0.15) is 0 Å². The zero-order valence-corrected chi connectivity index (χ0v) is 15.8. The van der Waals surface area contributed by atoms with Crippen LogP contribution in [0.4, 0.5) is 0 Å². The zero-order chi connectivity index (χ0) is 18.9. The molecule has 1 atom stereocenters. The molecule has 7 nitrogen and oxygen atoms in total. The van der Waals surface area contributed by atoms with Crippen molar-refractivity contribution in [3.63, 3.8) is 0 Å². The minimum Gasteiger partial charge on any atom is -0.456 e. The Kier molecular flexibility index (Phi) is 5.23. The van der Waals surface area contributed by atoms with Gasteiger partial charge in [-0.3, -0.25) is 14.5 Å². The van der Waals surface area contributed by atoms with Gasteiger partial charge in [0.15, 0.2) is 11.2 Å². The fourth-order valence-corrected chi connectivity index (χ4v) is 3.82. The molecule has 3 heterocycles. The monoisotopic (exact) mass is 364 g/mol. The van der Waals surface area contributed by atoms with E-state index in [1.165, 1.54) is 12.1 Å². The minimum absolute atomic E-state index is 0.0596. The maximum Gasteiger partial charge on any atom is 0.289 e. The van der Waals surface area contributed by atoms with Gasteiger partial charge in [-0.25, -0.2) is 0 Å². The highest BCUT2D eigenvalue weighted by Gasteiger charge is 2.49. The Bertz CT molecular complexity index is 723. The summed E-state index contributed by atoms with van der Waals surface area (Å²) in [5.41, 5.74) is -1.60. The molecule has 0 saturated carbocycles. The molecule has 0 aliphatic carbocycles. The number of aryl methyl sites for hydroxylation is 1. The van der Waals surface area contributed by atoms with E-state index in [0.29, 0.717) is 45.0 Å². The van der Waals surface area contributed by atoms with E-state index in [4.69, 9.17) is 9.15 Å². The smallest absolute Gasteiger partial charge is 0.289 e. The molecule has 1 amide bonds. The third-order valence-corrected chi connectivity index (χ3v) is 5.62. The van der Waals surface area contributed by atoms with Gasteiger partial charge in [-0.15, -0.1) is 0 Å². The molecule has 0 aromatic carbocycles. The lowest BCUT2D eigenvalue weighted by atomic mass is 9.69. The molecule has 0 spiro atoms. The lowest BCUT2D eigenvalue weighted by molar-refractivity contribution is -0.133. The summed E-state index contributed by atoms with van der Waals surface area (Å²) in [5, 5.41) is 11.3. The first-order valence-corrected chi connectivity index (χ1v) is 9.14.